The largest absolute Gasteiger partial charge is 0.480 e. The van der Waals surface area contributed by atoms with Gasteiger partial charge >= 0.3 is 5.97 Å². The van der Waals surface area contributed by atoms with Crippen LogP contribution in [-0.4, -0.2) is 41.2 Å². The maximum atomic E-state index is 10.9. The van der Waals surface area contributed by atoms with Gasteiger partial charge in [-0.25, -0.2) is 4.79 Å². The van der Waals surface area contributed by atoms with Crippen molar-refractivity contribution in [1.82, 2.24) is 16.0 Å². The van der Waals surface area contributed by atoms with Crippen LogP contribution in [0, 0.1) is 5.92 Å². The Hall–Kier alpha value is -1.37. The molecule has 0 aliphatic rings. The molecule has 1 atom stereocenters. The quantitative estimate of drug-likeness (QED) is 0.387. The van der Waals surface area contributed by atoms with Crippen molar-refractivity contribution in [2.75, 3.05) is 13.1 Å². The average Bonchev–Trinajstić information content (AvgIpc) is 2.19. The number of aliphatic carboxylic acids is 1. The minimum absolute atomic E-state index is 0.0670. The summed E-state index contributed by atoms with van der Waals surface area (Å²) in [5.74, 6) is -1.12. The Balaban J connectivity index is 3.91. The summed E-state index contributed by atoms with van der Waals surface area (Å²) < 4.78 is 0. The molecule has 98 valence electrons. The van der Waals surface area contributed by atoms with Gasteiger partial charge in [0.1, 0.15) is 6.04 Å². The van der Waals surface area contributed by atoms with Crippen molar-refractivity contribution in [2.24, 2.45) is 5.92 Å². The monoisotopic (exact) mass is 261 g/mol. The topological polar surface area (TPSA) is 90.5 Å². The van der Waals surface area contributed by atoms with Gasteiger partial charge in [-0.1, -0.05) is 13.8 Å². The van der Waals surface area contributed by atoms with Crippen molar-refractivity contribution < 1.29 is 14.7 Å². The number of carboxylic acids is 1. The molecule has 0 fully saturated rings. The van der Waals surface area contributed by atoms with Crippen molar-refractivity contribution >= 4 is 29.2 Å². The normalized spacial score (nSPS) is 11.8. The first-order valence-electron chi connectivity index (χ1n) is 5.36. The van der Waals surface area contributed by atoms with Crippen molar-refractivity contribution in [2.45, 2.75) is 26.8 Å². The van der Waals surface area contributed by atoms with Crippen molar-refractivity contribution in [1.29, 1.82) is 0 Å². The lowest BCUT2D eigenvalue weighted by molar-refractivity contribution is -0.140. The van der Waals surface area contributed by atoms with Gasteiger partial charge in [0.05, 0.1) is 0 Å². The van der Waals surface area contributed by atoms with Crippen LogP contribution in [0.5, 0.6) is 0 Å². The first kappa shape index (κ1) is 15.6. The molecule has 0 aliphatic carbocycles. The molecule has 0 saturated heterocycles. The van der Waals surface area contributed by atoms with Gasteiger partial charge < -0.3 is 21.1 Å². The van der Waals surface area contributed by atoms with E-state index in [4.69, 9.17) is 17.3 Å². The number of thiocarbonyl (C=S) groups is 1. The fourth-order valence-corrected chi connectivity index (χ4v) is 1.35. The van der Waals surface area contributed by atoms with Gasteiger partial charge in [0, 0.05) is 20.0 Å². The second-order valence-corrected chi connectivity index (χ2v) is 4.35. The predicted octanol–water partition coefficient (Wildman–Crippen LogP) is -0.304. The summed E-state index contributed by atoms with van der Waals surface area (Å²) in [5, 5.41) is 17.3. The molecule has 0 saturated carbocycles. The van der Waals surface area contributed by atoms with Crippen LogP contribution in [0.3, 0.4) is 0 Å². The van der Waals surface area contributed by atoms with E-state index < -0.39 is 12.0 Å². The van der Waals surface area contributed by atoms with Gasteiger partial charge in [-0.05, 0) is 18.1 Å². The van der Waals surface area contributed by atoms with E-state index in [-0.39, 0.29) is 16.9 Å². The lowest BCUT2D eigenvalue weighted by Crippen LogP contribution is -2.49. The number of nitrogens with one attached hydrogen (secondary N) is 3. The summed E-state index contributed by atoms with van der Waals surface area (Å²) in [6, 6.07) is -0.712. The van der Waals surface area contributed by atoms with E-state index in [0.29, 0.717) is 13.1 Å². The number of carbonyl (C=O) groups is 2. The maximum absolute atomic E-state index is 10.9. The Morgan fingerprint density at radius 2 is 1.76 bits per heavy atom. The first-order valence-corrected chi connectivity index (χ1v) is 5.77. The summed E-state index contributed by atoms with van der Waals surface area (Å²) in [6.07, 6.45) is 0. The Morgan fingerprint density at radius 3 is 2.18 bits per heavy atom. The minimum atomic E-state index is -0.939. The molecule has 0 aromatic carbocycles. The molecule has 0 aromatic heterocycles. The molecule has 6 nitrogen and oxygen atoms in total. The van der Waals surface area contributed by atoms with Crippen LogP contribution in [-0.2, 0) is 9.59 Å². The molecule has 0 radical (unpaired) electrons. The van der Waals surface area contributed by atoms with E-state index in [2.05, 4.69) is 16.0 Å². The smallest absolute Gasteiger partial charge is 0.326 e. The summed E-state index contributed by atoms with van der Waals surface area (Å²) in [4.78, 5) is 21.5. The molecule has 0 aromatic rings. The van der Waals surface area contributed by atoms with E-state index >= 15 is 0 Å². The molecule has 4 N–H and O–H groups in total. The van der Waals surface area contributed by atoms with Crippen LogP contribution in [0.2, 0.25) is 0 Å². The second-order valence-electron chi connectivity index (χ2n) is 3.94. The van der Waals surface area contributed by atoms with Crippen LogP contribution in [0.15, 0.2) is 0 Å². The standard InChI is InChI=1S/C10H19N3O3S/c1-6(2)8(9(15)16)13-10(17)12-5-4-11-7(3)14/h6,8H,4-5H2,1-3H3,(H,11,14)(H,15,16)(H2,12,13,17). The van der Waals surface area contributed by atoms with Crippen LogP contribution in [0.4, 0.5) is 0 Å². The Kier molecular flexibility index (Phi) is 7.20. The fourth-order valence-electron chi connectivity index (χ4n) is 1.12. The Bertz CT molecular complexity index is 295. The number of hydrogen-bond acceptors (Lipinski definition) is 3. The third-order valence-corrected chi connectivity index (χ3v) is 2.27. The van der Waals surface area contributed by atoms with Gasteiger partial charge in [0.2, 0.25) is 5.91 Å². The number of carboxylic acid groups (broad SMARTS) is 1. The molecule has 0 bridgehead atoms. The molecule has 1 unspecified atom stereocenters. The maximum Gasteiger partial charge on any atom is 0.326 e. The van der Waals surface area contributed by atoms with Crippen molar-refractivity contribution in [3.63, 3.8) is 0 Å². The highest BCUT2D eigenvalue weighted by Crippen LogP contribution is 2.01. The number of carbonyl (C=O) groups excluding carboxylic acids is 1. The van der Waals surface area contributed by atoms with Crippen LogP contribution >= 0.6 is 12.2 Å². The minimum Gasteiger partial charge on any atom is -0.480 e. The molecule has 1 amide bonds. The number of hydrogen-bond donors (Lipinski definition) is 4. The zero-order valence-electron chi connectivity index (χ0n) is 10.2. The number of rotatable bonds is 6. The highest BCUT2D eigenvalue weighted by atomic mass is 32.1. The van der Waals surface area contributed by atoms with Gasteiger partial charge in [0.15, 0.2) is 5.11 Å². The van der Waals surface area contributed by atoms with Gasteiger partial charge in [-0.3, -0.25) is 4.79 Å². The summed E-state index contributed by atoms with van der Waals surface area (Å²) >= 11 is 4.95. The molecule has 0 heterocycles. The lowest BCUT2D eigenvalue weighted by atomic mass is 10.1. The highest BCUT2D eigenvalue weighted by Gasteiger charge is 2.21. The summed E-state index contributed by atoms with van der Waals surface area (Å²) in [7, 11) is 0. The highest BCUT2D eigenvalue weighted by molar-refractivity contribution is 7.80. The van der Waals surface area contributed by atoms with Gasteiger partial charge in [0.25, 0.3) is 0 Å². The average molecular weight is 261 g/mol. The zero-order valence-corrected chi connectivity index (χ0v) is 11.1. The van der Waals surface area contributed by atoms with E-state index in [0.717, 1.165) is 0 Å². The lowest BCUT2D eigenvalue weighted by Gasteiger charge is -2.20. The fraction of sp³-hybridized carbons (Fsp3) is 0.700. The van der Waals surface area contributed by atoms with Gasteiger partial charge in [-0.2, -0.15) is 0 Å². The molecule has 0 aliphatic heterocycles. The molecular weight excluding hydrogens is 242 g/mol. The Morgan fingerprint density at radius 1 is 1.24 bits per heavy atom. The second kappa shape index (κ2) is 7.83. The van der Waals surface area contributed by atoms with E-state index in [1.54, 1.807) is 13.8 Å². The zero-order chi connectivity index (χ0) is 13.4. The molecule has 0 rings (SSSR count). The third-order valence-electron chi connectivity index (χ3n) is 2.00. The van der Waals surface area contributed by atoms with E-state index in [1.165, 1.54) is 6.92 Å². The van der Waals surface area contributed by atoms with Crippen molar-refractivity contribution in [3.8, 4) is 0 Å². The first-order chi connectivity index (χ1) is 7.84. The van der Waals surface area contributed by atoms with E-state index in [9.17, 15) is 9.59 Å². The Labute approximate surface area is 106 Å². The molecule has 17 heavy (non-hydrogen) atoms. The van der Waals surface area contributed by atoms with Crippen LogP contribution in [0.1, 0.15) is 20.8 Å². The predicted molar refractivity (Wildman–Crippen MR) is 68.7 cm³/mol. The SMILES string of the molecule is CC(=O)NCCNC(=S)NC(C(=O)O)C(C)C. The molecule has 7 heteroatoms. The summed E-state index contributed by atoms with van der Waals surface area (Å²) in [6.45, 7) is 5.92. The molecule has 0 spiro atoms. The third kappa shape index (κ3) is 7.51. The van der Waals surface area contributed by atoms with Gasteiger partial charge in [-0.15, -0.1) is 0 Å². The summed E-state index contributed by atoms with van der Waals surface area (Å²) in [5.41, 5.74) is 0. The van der Waals surface area contributed by atoms with Crippen LogP contribution in [0.25, 0.3) is 0 Å². The van der Waals surface area contributed by atoms with Crippen LogP contribution < -0.4 is 16.0 Å². The number of amides is 1. The van der Waals surface area contributed by atoms with E-state index in [1.807, 2.05) is 0 Å². The molecular formula is C10H19N3O3S. The van der Waals surface area contributed by atoms with Crippen molar-refractivity contribution in [3.05, 3.63) is 0 Å².